The van der Waals surface area contributed by atoms with E-state index in [4.69, 9.17) is 21.7 Å². The number of halogens is 20. The largest absolute Gasteiger partial charge is 0.461 e. The molecule has 1 aliphatic rings. The fourth-order valence-electron chi connectivity index (χ4n) is 6.08. The summed E-state index contributed by atoms with van der Waals surface area (Å²) < 4.78 is 244. The number of allylic oxidation sites excluding steroid dienone is 1. The Morgan fingerprint density at radius 2 is 1.07 bits per heavy atom. The molecular formula is C45H38Br2F18N4O4SSi. The van der Waals surface area contributed by atoms with Gasteiger partial charge in [0.05, 0.1) is 20.2 Å². The van der Waals surface area contributed by atoms with Crippen LogP contribution in [0.1, 0.15) is 76.4 Å². The van der Waals surface area contributed by atoms with E-state index >= 15 is 0 Å². The van der Waals surface area contributed by atoms with Crippen LogP contribution in [0.25, 0.3) is 5.57 Å². The lowest BCUT2D eigenvalue weighted by Gasteiger charge is -2.32. The van der Waals surface area contributed by atoms with E-state index in [1.807, 2.05) is 18.2 Å². The molecule has 2 aromatic heterocycles. The minimum atomic E-state index is -5.41. The maximum absolute atomic E-state index is 14.3. The monoisotopic (exact) mass is 1260 g/mol. The second kappa shape index (κ2) is 24.1. The zero-order chi connectivity index (χ0) is 57.7. The van der Waals surface area contributed by atoms with E-state index in [-0.39, 0.29) is 54.7 Å². The highest BCUT2D eigenvalue weighted by molar-refractivity contribution is 9.10. The number of alkyl halides is 18. The molecule has 0 radical (unpaired) electrons. The van der Waals surface area contributed by atoms with Crippen molar-refractivity contribution in [3.63, 3.8) is 0 Å². The number of carbonyl (C=O) groups is 2. The molecule has 0 fully saturated rings. The van der Waals surface area contributed by atoms with E-state index in [2.05, 4.69) is 78.4 Å². The van der Waals surface area contributed by atoms with Gasteiger partial charge in [-0.15, -0.1) is 0 Å². The summed E-state index contributed by atoms with van der Waals surface area (Å²) in [5.74, 6) is -0.849. The number of hydrogen-bond acceptors (Lipinski definition) is 8. The van der Waals surface area contributed by atoms with Gasteiger partial charge in [0.15, 0.2) is 0 Å². The molecule has 8 nitrogen and oxygen atoms in total. The lowest BCUT2D eigenvalue weighted by atomic mass is 9.76. The number of benzene rings is 2. The van der Waals surface area contributed by atoms with Crippen LogP contribution >= 0.6 is 44.1 Å². The van der Waals surface area contributed by atoms with Gasteiger partial charge in [0.1, 0.15) is 46.4 Å². The summed E-state index contributed by atoms with van der Waals surface area (Å²) in [4.78, 5) is 31.2. The summed E-state index contributed by atoms with van der Waals surface area (Å²) in [5.41, 5.74) is -13.5. The molecule has 4 aromatic rings. The number of esters is 2. The van der Waals surface area contributed by atoms with E-state index in [1.54, 1.807) is 0 Å². The number of thiocarbonyl (C=S) groups is 1. The smallest absolute Gasteiger partial charge is 0.433 e. The van der Waals surface area contributed by atoms with E-state index in [0.29, 0.717) is 10.0 Å². The predicted octanol–water partition coefficient (Wildman–Crippen LogP) is 15.0. The zero-order valence-electron chi connectivity index (χ0n) is 39.0. The zero-order valence-corrected chi connectivity index (χ0v) is 43.9. The topological polar surface area (TPSA) is 103 Å². The third-order valence-electron chi connectivity index (χ3n) is 9.95. The molecule has 0 saturated heterocycles. The first-order valence-corrected chi connectivity index (χ1v) is 26.4. The number of aliphatic imine (C=N–C) groups is 1. The molecule has 1 N–H and O–H groups in total. The first-order valence-electron chi connectivity index (χ1n) is 20.7. The lowest BCUT2D eigenvalue weighted by molar-refractivity contribution is -0.185. The Morgan fingerprint density at radius 1 is 0.653 bits per heavy atom. The second-order valence-corrected chi connectivity index (χ2v) is 24.7. The minimum Gasteiger partial charge on any atom is -0.461 e. The maximum Gasteiger partial charge on any atom is 0.433 e. The third kappa shape index (κ3) is 18.6. The number of nitrogens with one attached hydrogen (secondary N) is 1. The quantitative estimate of drug-likeness (QED) is 0.0725. The summed E-state index contributed by atoms with van der Waals surface area (Å²) in [6.07, 6.45) is -31.9. The molecule has 75 heavy (non-hydrogen) atoms. The lowest BCUT2D eigenvalue weighted by Crippen LogP contribution is -2.44. The third-order valence-corrected chi connectivity index (χ3v) is 13.0. The van der Waals surface area contributed by atoms with E-state index in [0.717, 1.165) is 26.8 Å². The molecule has 0 aliphatic carbocycles. The van der Waals surface area contributed by atoms with Gasteiger partial charge in [0, 0.05) is 57.8 Å². The van der Waals surface area contributed by atoms with Crippen molar-refractivity contribution in [2.75, 3.05) is 12.7 Å². The Bertz CT molecular complexity index is 2720. The van der Waals surface area contributed by atoms with Gasteiger partial charge in [-0.2, -0.15) is 79.0 Å². The molecule has 0 spiro atoms. The number of aromatic nitrogens is 2. The van der Waals surface area contributed by atoms with Crippen LogP contribution in [0.3, 0.4) is 0 Å². The average Bonchev–Trinajstić information content (AvgIpc) is 3.73. The minimum absolute atomic E-state index is 0.0146. The van der Waals surface area contributed by atoms with Crippen LogP contribution in [0.5, 0.6) is 0 Å². The van der Waals surface area contributed by atoms with Crippen LogP contribution in [0.2, 0.25) is 19.6 Å². The SMILES string of the molecule is C=C(c1cc(C(F)(F)F)nc(C(F)(F)F)c1)C(F)(F)F.CC(=O)OCc1ccc(C(=S)NC[Si](C)(C)C)cc1Br.CC(=O)OCc1ccc(C2=NCC(c3cc(C(F)(F)F)nc(C(F)(F)F)c3)(C(F)(F)F)C2)cc1Br. The van der Waals surface area contributed by atoms with Crippen molar-refractivity contribution >= 4 is 80.4 Å². The molecule has 5 rings (SSSR count). The molecule has 0 amide bonds. The summed E-state index contributed by atoms with van der Waals surface area (Å²) in [7, 11) is -1.17. The van der Waals surface area contributed by atoms with Crippen LogP contribution < -0.4 is 5.32 Å². The van der Waals surface area contributed by atoms with Crippen molar-refractivity contribution in [2.24, 2.45) is 4.99 Å². The Morgan fingerprint density at radius 3 is 1.43 bits per heavy atom. The highest BCUT2D eigenvalue weighted by atomic mass is 79.9. The average molecular weight is 1260 g/mol. The van der Waals surface area contributed by atoms with Crippen LogP contribution in [-0.4, -0.2) is 65.7 Å². The molecule has 0 bridgehead atoms. The normalized spacial score (nSPS) is 15.4. The Balaban J connectivity index is 0.000000318. The molecule has 0 saturated carbocycles. The van der Waals surface area contributed by atoms with Crippen LogP contribution in [0, 0.1) is 0 Å². The van der Waals surface area contributed by atoms with Crippen molar-refractivity contribution in [3.8, 4) is 0 Å². The van der Waals surface area contributed by atoms with Gasteiger partial charge in [-0.05, 0) is 53.1 Å². The summed E-state index contributed by atoms with van der Waals surface area (Å²) >= 11 is 12.1. The number of ether oxygens (including phenoxy) is 2. The van der Waals surface area contributed by atoms with Gasteiger partial charge in [0.25, 0.3) is 0 Å². The van der Waals surface area contributed by atoms with E-state index < -0.39 is 109 Å². The number of pyridine rings is 2. The van der Waals surface area contributed by atoms with Crippen LogP contribution in [0.4, 0.5) is 79.0 Å². The molecule has 2 aromatic carbocycles. The van der Waals surface area contributed by atoms with E-state index in [1.165, 1.54) is 32.0 Å². The second-order valence-electron chi connectivity index (χ2n) is 17.2. The fourth-order valence-corrected chi connectivity index (χ4v) is 8.10. The summed E-state index contributed by atoms with van der Waals surface area (Å²) in [6.45, 7) is 10.9. The molecule has 1 atom stereocenters. The molecule has 30 heteroatoms. The highest BCUT2D eigenvalue weighted by Crippen LogP contribution is 2.50. The number of carbonyl (C=O) groups excluding carboxylic acids is 2. The Kier molecular flexibility index (Phi) is 20.6. The summed E-state index contributed by atoms with van der Waals surface area (Å²) in [6, 6.07) is 9.71. The van der Waals surface area contributed by atoms with Crippen LogP contribution in [-0.2, 0) is 62.4 Å². The molecular weight excluding hydrogens is 1220 g/mol. The van der Waals surface area contributed by atoms with Gasteiger partial charge in [-0.1, -0.05) is 94.6 Å². The standard InChI is InChI=1S/C21H14BrF9N2O2.C14H20BrNO2SSi.C10H4F9N/c1-10(34)35-8-12-3-2-11(4-14(12)22)15-7-18(9-32-15,21(29,30)31)13-5-16(19(23,24)25)33-17(6-13)20(26,27)28;1-10(17)18-8-12-6-5-11(7-13(12)15)14(19)16-9-20(2,3)4;1-4(8(11,12)13)5-2-6(9(14,15)16)20-7(3-5)10(17,18)19/h2-6H,7-9H2,1H3;5-7H,8-9H2,1-4H3,(H,16,19);2-3H,1H2. The van der Waals surface area contributed by atoms with Crippen molar-refractivity contribution in [1.29, 1.82) is 0 Å². The molecule has 412 valence electrons. The van der Waals surface area contributed by atoms with Crippen molar-refractivity contribution in [3.05, 3.63) is 132 Å². The summed E-state index contributed by atoms with van der Waals surface area (Å²) in [5, 5.41) is 3.32. The first-order chi connectivity index (χ1) is 33.9. The molecule has 3 heterocycles. The number of rotatable bonds is 10. The van der Waals surface area contributed by atoms with Crippen molar-refractivity contribution < 1.29 is 98.1 Å². The van der Waals surface area contributed by atoms with Gasteiger partial charge >= 0.3 is 49.0 Å². The van der Waals surface area contributed by atoms with Crippen molar-refractivity contribution in [1.82, 2.24) is 15.3 Å². The van der Waals surface area contributed by atoms with Gasteiger partial charge in [0.2, 0.25) is 0 Å². The fraction of sp³-hybridized carbons (Fsp3) is 0.378. The number of nitrogens with zero attached hydrogens (tertiary/aromatic N) is 3. The van der Waals surface area contributed by atoms with E-state index in [9.17, 15) is 88.6 Å². The van der Waals surface area contributed by atoms with Gasteiger partial charge in [-0.3, -0.25) is 14.6 Å². The highest BCUT2D eigenvalue weighted by Gasteiger charge is 2.59. The van der Waals surface area contributed by atoms with Crippen molar-refractivity contribution in [2.45, 2.75) is 95.6 Å². The van der Waals surface area contributed by atoms with Gasteiger partial charge in [-0.25, -0.2) is 9.97 Å². The molecule has 1 aliphatic heterocycles. The predicted molar refractivity (Wildman–Crippen MR) is 250 cm³/mol. The number of hydrogen-bond donors (Lipinski definition) is 1. The van der Waals surface area contributed by atoms with Crippen LogP contribution in [0.15, 0.2) is 81.2 Å². The Labute approximate surface area is 437 Å². The molecule has 1 unspecified atom stereocenters. The van der Waals surface area contributed by atoms with Gasteiger partial charge < -0.3 is 14.8 Å². The maximum atomic E-state index is 14.3. The Hall–Kier alpha value is -5.10. The first kappa shape index (κ1) is 64.2.